The molecular formula is C27H26Br2F2O2. The highest BCUT2D eigenvalue weighted by Crippen LogP contribution is 2.49. The first-order chi connectivity index (χ1) is 15.8. The Morgan fingerprint density at radius 2 is 1.36 bits per heavy atom. The van der Waals surface area contributed by atoms with Gasteiger partial charge in [0.1, 0.15) is 23.1 Å². The van der Waals surface area contributed by atoms with Gasteiger partial charge in [0, 0.05) is 17.2 Å². The van der Waals surface area contributed by atoms with Crippen molar-refractivity contribution in [1.82, 2.24) is 0 Å². The minimum Gasteiger partial charge on any atom is -0.496 e. The minimum absolute atomic E-state index is 0.173. The summed E-state index contributed by atoms with van der Waals surface area (Å²) in [5, 5.41) is 0. The molecule has 0 N–H and O–H groups in total. The van der Waals surface area contributed by atoms with Crippen molar-refractivity contribution >= 4 is 31.9 Å². The maximum Gasteiger partial charge on any atom is 0.133 e. The maximum absolute atomic E-state index is 15.2. The van der Waals surface area contributed by atoms with Crippen LogP contribution in [0.1, 0.15) is 56.1 Å². The highest BCUT2D eigenvalue weighted by Gasteiger charge is 2.29. The van der Waals surface area contributed by atoms with Crippen molar-refractivity contribution in [1.29, 1.82) is 0 Å². The average Bonchev–Trinajstić information content (AvgIpc) is 3.64. The van der Waals surface area contributed by atoms with Crippen LogP contribution in [0.2, 0.25) is 0 Å². The topological polar surface area (TPSA) is 18.5 Å². The zero-order valence-corrected chi connectivity index (χ0v) is 22.2. The zero-order chi connectivity index (χ0) is 23.9. The number of hydrogen-bond donors (Lipinski definition) is 0. The van der Waals surface area contributed by atoms with Crippen LogP contribution >= 0.6 is 31.9 Å². The van der Waals surface area contributed by atoms with Gasteiger partial charge in [0.15, 0.2) is 0 Å². The standard InChI is InChI=1S/C27H26Br2F2O2/c1-5-14(2)16-11-26(32-3)22(28)9-18(16)20-8-21(25(31)13-24(20)30)19-10-23(29)27(33-4)12-17(19)15-6-7-15/h8-15H,5-7H2,1-4H3. The van der Waals surface area contributed by atoms with Crippen molar-refractivity contribution in [3.05, 3.63) is 68.1 Å². The van der Waals surface area contributed by atoms with Crippen molar-refractivity contribution in [2.24, 2.45) is 0 Å². The number of rotatable bonds is 7. The summed E-state index contributed by atoms with van der Waals surface area (Å²) in [5.74, 6) is 0.771. The largest absolute Gasteiger partial charge is 0.496 e. The van der Waals surface area contributed by atoms with E-state index in [0.29, 0.717) is 28.5 Å². The number of hydrogen-bond acceptors (Lipinski definition) is 2. The van der Waals surface area contributed by atoms with Crippen LogP contribution in [-0.4, -0.2) is 14.2 Å². The zero-order valence-electron chi connectivity index (χ0n) is 19.1. The molecule has 2 nitrogen and oxygen atoms in total. The van der Waals surface area contributed by atoms with Gasteiger partial charge in [-0.15, -0.1) is 0 Å². The fourth-order valence-electron chi connectivity index (χ4n) is 4.24. The van der Waals surface area contributed by atoms with Crippen LogP contribution in [0.25, 0.3) is 22.3 Å². The normalized spacial score (nSPS) is 14.3. The van der Waals surface area contributed by atoms with Crippen molar-refractivity contribution in [3.8, 4) is 33.8 Å². The smallest absolute Gasteiger partial charge is 0.133 e. The van der Waals surface area contributed by atoms with Gasteiger partial charge in [0.25, 0.3) is 0 Å². The van der Waals surface area contributed by atoms with E-state index >= 15 is 8.78 Å². The summed E-state index contributed by atoms with van der Waals surface area (Å²) >= 11 is 7.07. The van der Waals surface area contributed by atoms with E-state index in [1.807, 2.05) is 24.3 Å². The van der Waals surface area contributed by atoms with Gasteiger partial charge in [-0.25, -0.2) is 8.78 Å². The highest BCUT2D eigenvalue weighted by molar-refractivity contribution is 9.10. The minimum atomic E-state index is -0.585. The van der Waals surface area contributed by atoms with Crippen LogP contribution in [0.3, 0.4) is 0 Å². The van der Waals surface area contributed by atoms with Gasteiger partial charge in [0.05, 0.1) is 23.2 Å². The van der Waals surface area contributed by atoms with E-state index in [9.17, 15) is 0 Å². The van der Waals surface area contributed by atoms with Crippen molar-refractivity contribution in [2.45, 2.75) is 44.9 Å². The van der Waals surface area contributed by atoms with Gasteiger partial charge >= 0.3 is 0 Å². The SMILES string of the molecule is CCC(C)c1cc(OC)c(Br)cc1-c1cc(-c2cc(Br)c(OC)cc2C2CC2)c(F)cc1F. The molecular weight excluding hydrogens is 554 g/mol. The molecule has 4 rings (SSSR count). The third-order valence-electron chi connectivity index (χ3n) is 6.45. The molecule has 0 aromatic heterocycles. The first-order valence-corrected chi connectivity index (χ1v) is 12.6. The molecule has 0 heterocycles. The van der Waals surface area contributed by atoms with E-state index in [1.165, 1.54) is 0 Å². The maximum atomic E-state index is 15.2. The van der Waals surface area contributed by atoms with Crippen molar-refractivity contribution in [3.63, 3.8) is 0 Å². The highest BCUT2D eigenvalue weighted by atomic mass is 79.9. The van der Waals surface area contributed by atoms with Gasteiger partial charge in [-0.05, 0) is 116 Å². The van der Waals surface area contributed by atoms with E-state index < -0.39 is 11.6 Å². The molecule has 1 aliphatic carbocycles. The van der Waals surface area contributed by atoms with Crippen LogP contribution in [0, 0.1) is 11.6 Å². The Morgan fingerprint density at radius 3 is 1.91 bits per heavy atom. The molecule has 33 heavy (non-hydrogen) atoms. The Morgan fingerprint density at radius 1 is 0.818 bits per heavy atom. The summed E-state index contributed by atoms with van der Waals surface area (Å²) in [5.41, 5.74) is 4.26. The lowest BCUT2D eigenvalue weighted by molar-refractivity contribution is 0.411. The van der Waals surface area contributed by atoms with E-state index in [0.717, 1.165) is 56.5 Å². The van der Waals surface area contributed by atoms with E-state index in [2.05, 4.69) is 45.7 Å². The molecule has 3 aromatic carbocycles. The summed E-state index contributed by atoms with van der Waals surface area (Å²) in [4.78, 5) is 0. The Kier molecular flexibility index (Phi) is 7.15. The number of benzene rings is 3. The molecule has 0 amide bonds. The third-order valence-corrected chi connectivity index (χ3v) is 7.68. The van der Waals surface area contributed by atoms with Crippen LogP contribution < -0.4 is 9.47 Å². The fourth-order valence-corrected chi connectivity index (χ4v) is 5.25. The van der Waals surface area contributed by atoms with Gasteiger partial charge in [0.2, 0.25) is 0 Å². The van der Waals surface area contributed by atoms with Crippen LogP contribution in [0.5, 0.6) is 11.5 Å². The second-order valence-corrected chi connectivity index (χ2v) is 10.3. The van der Waals surface area contributed by atoms with E-state index in [4.69, 9.17) is 9.47 Å². The average molecular weight is 580 g/mol. The predicted molar refractivity (Wildman–Crippen MR) is 136 cm³/mol. The molecule has 3 aromatic rings. The lowest BCUT2D eigenvalue weighted by Crippen LogP contribution is -2.01. The van der Waals surface area contributed by atoms with Gasteiger partial charge < -0.3 is 9.47 Å². The third kappa shape index (κ3) is 4.69. The van der Waals surface area contributed by atoms with Gasteiger partial charge in [-0.2, -0.15) is 0 Å². The summed E-state index contributed by atoms with van der Waals surface area (Å²) in [6.45, 7) is 4.19. The van der Waals surface area contributed by atoms with Gasteiger partial charge in [-0.3, -0.25) is 0 Å². The summed E-state index contributed by atoms with van der Waals surface area (Å²) in [6, 6.07) is 10.3. The van der Waals surface area contributed by atoms with Crippen LogP contribution in [0.4, 0.5) is 8.78 Å². The monoisotopic (exact) mass is 578 g/mol. The van der Waals surface area contributed by atoms with E-state index in [1.54, 1.807) is 20.3 Å². The van der Waals surface area contributed by atoms with Gasteiger partial charge in [-0.1, -0.05) is 13.8 Å². The lowest BCUT2D eigenvalue weighted by atomic mass is 9.87. The summed E-state index contributed by atoms with van der Waals surface area (Å²) < 4.78 is 42.9. The van der Waals surface area contributed by atoms with E-state index in [-0.39, 0.29) is 5.92 Å². The van der Waals surface area contributed by atoms with Crippen molar-refractivity contribution < 1.29 is 18.3 Å². The molecule has 0 saturated heterocycles. The molecule has 0 spiro atoms. The Bertz CT molecular complexity index is 1210. The Hall–Kier alpha value is -1.92. The molecule has 1 aliphatic rings. The van der Waals surface area contributed by atoms with Crippen molar-refractivity contribution in [2.75, 3.05) is 14.2 Å². The molecule has 0 radical (unpaired) electrons. The molecule has 1 unspecified atom stereocenters. The molecule has 1 atom stereocenters. The first kappa shape index (κ1) is 24.2. The molecule has 0 bridgehead atoms. The summed E-state index contributed by atoms with van der Waals surface area (Å²) in [7, 11) is 3.22. The molecule has 6 heteroatoms. The fraction of sp³-hybridized carbons (Fsp3) is 0.333. The quantitative estimate of drug-likeness (QED) is 0.278. The Labute approximate surface area is 210 Å². The second-order valence-electron chi connectivity index (χ2n) is 8.54. The summed E-state index contributed by atoms with van der Waals surface area (Å²) in [6.07, 6.45) is 2.98. The molecule has 1 saturated carbocycles. The molecule has 174 valence electrons. The first-order valence-electron chi connectivity index (χ1n) is 11.0. The molecule has 0 aliphatic heterocycles. The Balaban J connectivity index is 1.96. The van der Waals surface area contributed by atoms with Crippen LogP contribution in [0.15, 0.2) is 45.3 Å². The number of halogens is 4. The predicted octanol–water partition coefficient (Wildman–Crippen LogP) is 9.23. The lowest BCUT2D eigenvalue weighted by Gasteiger charge is -2.20. The van der Waals surface area contributed by atoms with Crippen LogP contribution in [-0.2, 0) is 0 Å². The second kappa shape index (κ2) is 9.75. The number of methoxy groups -OCH3 is 2. The number of ether oxygens (including phenoxy) is 2. The molecule has 1 fully saturated rings.